The molecule has 1 amide bonds. The van der Waals surface area contributed by atoms with E-state index in [4.69, 9.17) is 11.6 Å². The minimum Gasteiger partial charge on any atom is -0.315 e. The summed E-state index contributed by atoms with van der Waals surface area (Å²) in [6.45, 7) is 3.75. The van der Waals surface area contributed by atoms with Crippen LogP contribution in [0.5, 0.6) is 0 Å². The van der Waals surface area contributed by atoms with E-state index in [1.807, 2.05) is 13.8 Å². The van der Waals surface area contributed by atoms with Gasteiger partial charge in [-0.2, -0.15) is 0 Å². The molecule has 0 fully saturated rings. The molecular formula is C7H9ClN2OS. The molecule has 0 saturated heterocycles. The van der Waals surface area contributed by atoms with Gasteiger partial charge in [0.25, 0.3) is 0 Å². The molecule has 1 aromatic rings. The number of hydrogen-bond donors (Lipinski definition) is 1. The zero-order chi connectivity index (χ0) is 9.14. The Morgan fingerprint density at radius 1 is 1.67 bits per heavy atom. The van der Waals surface area contributed by atoms with E-state index in [-0.39, 0.29) is 11.8 Å². The predicted octanol–water partition coefficient (Wildman–Crippen LogP) is 1.94. The molecule has 66 valence electrons. The Morgan fingerprint density at radius 3 is 2.75 bits per heavy atom. The lowest BCUT2D eigenvalue weighted by Gasteiger charge is -1.97. The van der Waals surface area contributed by atoms with E-state index >= 15 is 0 Å². The van der Waals surface area contributed by atoms with E-state index in [0.717, 1.165) is 15.7 Å². The van der Waals surface area contributed by atoms with Crippen LogP contribution in [0, 0.1) is 13.8 Å². The van der Waals surface area contributed by atoms with Crippen molar-refractivity contribution in [2.24, 2.45) is 0 Å². The molecule has 5 heteroatoms. The second-order valence-corrected chi connectivity index (χ2v) is 3.80. The lowest BCUT2D eigenvalue weighted by atomic mass is 10.5. The average molecular weight is 205 g/mol. The van der Waals surface area contributed by atoms with E-state index in [1.165, 1.54) is 11.3 Å². The summed E-state index contributed by atoms with van der Waals surface area (Å²) in [5.74, 6) is -0.209. The fraction of sp³-hybridized carbons (Fsp3) is 0.429. The Morgan fingerprint density at radius 2 is 2.33 bits per heavy atom. The third-order valence-electron chi connectivity index (χ3n) is 1.28. The Kier molecular flexibility index (Phi) is 3.05. The van der Waals surface area contributed by atoms with Crippen LogP contribution in [0.25, 0.3) is 0 Å². The van der Waals surface area contributed by atoms with Gasteiger partial charge in [-0.05, 0) is 13.8 Å². The van der Waals surface area contributed by atoms with Crippen molar-refractivity contribution in [2.45, 2.75) is 13.8 Å². The molecule has 1 rings (SSSR count). The number of alkyl halides is 1. The first-order chi connectivity index (χ1) is 5.63. The van der Waals surface area contributed by atoms with Gasteiger partial charge in [-0.1, -0.05) is 0 Å². The molecular weight excluding hydrogens is 196 g/mol. The number of anilines is 1. The Hall–Kier alpha value is -0.610. The van der Waals surface area contributed by atoms with E-state index in [1.54, 1.807) is 0 Å². The van der Waals surface area contributed by atoms with Crippen LogP contribution in [0.3, 0.4) is 0 Å². The number of hydrogen-bond acceptors (Lipinski definition) is 3. The van der Waals surface area contributed by atoms with Crippen LogP contribution in [0.4, 0.5) is 5.00 Å². The van der Waals surface area contributed by atoms with Crippen LogP contribution in [0.1, 0.15) is 10.7 Å². The highest BCUT2D eigenvalue weighted by atomic mass is 35.5. The largest absolute Gasteiger partial charge is 0.315 e. The van der Waals surface area contributed by atoms with Crippen molar-refractivity contribution in [3.05, 3.63) is 10.7 Å². The molecule has 0 aliphatic heterocycles. The molecule has 0 unspecified atom stereocenters. The number of thiazole rings is 1. The number of aryl methyl sites for hydroxylation is 2. The molecule has 0 saturated carbocycles. The van der Waals surface area contributed by atoms with Gasteiger partial charge in [0.05, 0.1) is 10.7 Å². The van der Waals surface area contributed by atoms with Crippen LogP contribution in [-0.2, 0) is 4.79 Å². The molecule has 0 atom stereocenters. The van der Waals surface area contributed by atoms with E-state index in [2.05, 4.69) is 10.3 Å². The molecule has 12 heavy (non-hydrogen) atoms. The zero-order valence-corrected chi connectivity index (χ0v) is 8.42. The molecule has 0 aliphatic carbocycles. The zero-order valence-electron chi connectivity index (χ0n) is 6.85. The van der Waals surface area contributed by atoms with Crippen LogP contribution in [-0.4, -0.2) is 16.8 Å². The Bertz CT molecular complexity index is 298. The van der Waals surface area contributed by atoms with Crippen molar-refractivity contribution in [1.82, 2.24) is 4.98 Å². The maximum Gasteiger partial charge on any atom is 0.239 e. The summed E-state index contributed by atoms with van der Waals surface area (Å²) in [6, 6.07) is 0. The number of halogens is 1. The van der Waals surface area contributed by atoms with Gasteiger partial charge in [-0.25, -0.2) is 4.98 Å². The van der Waals surface area contributed by atoms with Crippen molar-refractivity contribution in [3.63, 3.8) is 0 Å². The first-order valence-corrected chi connectivity index (χ1v) is 4.78. The fourth-order valence-corrected chi connectivity index (χ4v) is 1.71. The van der Waals surface area contributed by atoms with Crippen LogP contribution < -0.4 is 5.32 Å². The number of aromatic nitrogens is 1. The van der Waals surface area contributed by atoms with E-state index in [9.17, 15) is 4.79 Å². The molecule has 0 radical (unpaired) electrons. The molecule has 0 aromatic carbocycles. The molecule has 0 aliphatic rings. The highest BCUT2D eigenvalue weighted by molar-refractivity contribution is 7.16. The first kappa shape index (κ1) is 9.48. The Balaban J connectivity index is 2.75. The van der Waals surface area contributed by atoms with Crippen LogP contribution in [0.2, 0.25) is 0 Å². The number of nitrogens with one attached hydrogen (secondary N) is 1. The van der Waals surface area contributed by atoms with Gasteiger partial charge in [-0.15, -0.1) is 22.9 Å². The molecule has 0 spiro atoms. The van der Waals surface area contributed by atoms with Gasteiger partial charge in [0.2, 0.25) is 5.91 Å². The number of carbonyl (C=O) groups excluding carboxylic acids is 1. The van der Waals surface area contributed by atoms with Gasteiger partial charge in [0.1, 0.15) is 10.9 Å². The van der Waals surface area contributed by atoms with Gasteiger partial charge in [0, 0.05) is 0 Å². The van der Waals surface area contributed by atoms with Crippen molar-refractivity contribution in [3.8, 4) is 0 Å². The summed E-state index contributed by atoms with van der Waals surface area (Å²) in [5.41, 5.74) is 0.843. The minimum atomic E-state index is -0.191. The topological polar surface area (TPSA) is 42.0 Å². The first-order valence-electron chi connectivity index (χ1n) is 3.43. The maximum atomic E-state index is 10.9. The molecule has 1 aromatic heterocycles. The lowest BCUT2D eigenvalue weighted by Crippen LogP contribution is -2.12. The summed E-state index contributed by atoms with van der Waals surface area (Å²) >= 11 is 6.79. The SMILES string of the molecule is Cc1nc(C)c(NC(=O)CCl)s1. The molecule has 1 N–H and O–H groups in total. The minimum absolute atomic E-state index is 0.0175. The maximum absolute atomic E-state index is 10.9. The third kappa shape index (κ3) is 2.19. The highest BCUT2D eigenvalue weighted by Crippen LogP contribution is 2.22. The standard InChI is InChI=1S/C7H9ClN2OS/c1-4-7(10-6(11)3-8)12-5(2)9-4/h3H2,1-2H3,(H,10,11). The van der Waals surface area contributed by atoms with Gasteiger partial charge >= 0.3 is 0 Å². The smallest absolute Gasteiger partial charge is 0.239 e. The fourth-order valence-electron chi connectivity index (χ4n) is 0.807. The van der Waals surface area contributed by atoms with Crippen LogP contribution in [0.15, 0.2) is 0 Å². The van der Waals surface area contributed by atoms with Crippen molar-refractivity contribution < 1.29 is 4.79 Å². The van der Waals surface area contributed by atoms with Gasteiger partial charge in [-0.3, -0.25) is 4.79 Å². The van der Waals surface area contributed by atoms with Crippen LogP contribution >= 0.6 is 22.9 Å². The number of nitrogens with zero attached hydrogens (tertiary/aromatic N) is 1. The summed E-state index contributed by atoms with van der Waals surface area (Å²) < 4.78 is 0. The lowest BCUT2D eigenvalue weighted by molar-refractivity contribution is -0.113. The predicted molar refractivity (Wildman–Crippen MR) is 50.9 cm³/mol. The molecule has 1 heterocycles. The number of carbonyl (C=O) groups is 1. The summed E-state index contributed by atoms with van der Waals surface area (Å²) in [7, 11) is 0. The number of rotatable bonds is 2. The summed E-state index contributed by atoms with van der Waals surface area (Å²) in [6.07, 6.45) is 0. The number of amides is 1. The summed E-state index contributed by atoms with van der Waals surface area (Å²) in [5, 5.41) is 4.40. The molecule has 0 bridgehead atoms. The monoisotopic (exact) mass is 204 g/mol. The van der Waals surface area contributed by atoms with Crippen molar-refractivity contribution in [1.29, 1.82) is 0 Å². The second-order valence-electron chi connectivity index (χ2n) is 2.33. The van der Waals surface area contributed by atoms with Gasteiger partial charge in [0.15, 0.2) is 0 Å². The second kappa shape index (κ2) is 3.87. The Labute approximate surface area is 79.8 Å². The van der Waals surface area contributed by atoms with Crippen molar-refractivity contribution in [2.75, 3.05) is 11.2 Å². The summed E-state index contributed by atoms with van der Waals surface area (Å²) in [4.78, 5) is 15.0. The molecule has 3 nitrogen and oxygen atoms in total. The normalized spacial score (nSPS) is 9.92. The average Bonchev–Trinajstić information content (AvgIpc) is 2.30. The van der Waals surface area contributed by atoms with E-state index < -0.39 is 0 Å². The third-order valence-corrected chi connectivity index (χ3v) is 2.51. The highest BCUT2D eigenvalue weighted by Gasteiger charge is 2.06. The van der Waals surface area contributed by atoms with Crippen molar-refractivity contribution >= 4 is 33.8 Å². The van der Waals surface area contributed by atoms with Gasteiger partial charge < -0.3 is 5.32 Å². The van der Waals surface area contributed by atoms with E-state index in [0.29, 0.717) is 0 Å². The quantitative estimate of drug-likeness (QED) is 0.749.